The highest BCUT2D eigenvalue weighted by Gasteiger charge is 2.19. The van der Waals surface area contributed by atoms with Crippen molar-refractivity contribution in [3.05, 3.63) is 85.1 Å². The van der Waals surface area contributed by atoms with Crippen LogP contribution in [0.15, 0.2) is 85.1 Å². The minimum absolute atomic E-state index is 0.0757. The van der Waals surface area contributed by atoms with Crippen molar-refractivity contribution in [3.8, 4) is 0 Å². The summed E-state index contributed by atoms with van der Waals surface area (Å²) in [5, 5.41) is 0. The van der Waals surface area contributed by atoms with Gasteiger partial charge in [-0.15, -0.1) is 0 Å². The van der Waals surface area contributed by atoms with Crippen molar-refractivity contribution in [3.63, 3.8) is 0 Å². The molecule has 0 aromatic rings. The lowest BCUT2D eigenvalue weighted by molar-refractivity contribution is -0.167. The van der Waals surface area contributed by atoms with Crippen LogP contribution in [0.25, 0.3) is 0 Å². The van der Waals surface area contributed by atoms with Crippen molar-refractivity contribution < 1.29 is 28.6 Å². The van der Waals surface area contributed by atoms with Gasteiger partial charge in [0.15, 0.2) is 6.10 Å². The van der Waals surface area contributed by atoms with Crippen molar-refractivity contribution in [2.24, 2.45) is 0 Å². The van der Waals surface area contributed by atoms with Gasteiger partial charge in [0.2, 0.25) is 0 Å². The van der Waals surface area contributed by atoms with E-state index in [0.717, 1.165) is 109 Å². The molecule has 0 rings (SSSR count). The molecule has 0 aliphatic rings. The third-order valence-corrected chi connectivity index (χ3v) is 15.7. The molecule has 1 atom stereocenters. The Balaban J connectivity index is 4.13. The molecule has 82 heavy (non-hydrogen) atoms. The molecule has 0 aromatic heterocycles. The molecular formula is C76H134O6. The molecule has 0 heterocycles. The minimum Gasteiger partial charge on any atom is -0.462 e. The van der Waals surface area contributed by atoms with Gasteiger partial charge in [-0.1, -0.05) is 350 Å². The Bertz CT molecular complexity index is 1550. The standard InChI is InChI=1S/C76H134O6/c1-4-7-10-13-16-19-21-23-25-27-29-31-33-35-37-38-40-41-43-45-47-49-51-53-55-57-60-63-66-69-75(78)81-72-73(71-80-74(77)68-65-62-59-18-15-12-9-6-3)82-76(79)70-67-64-61-58-56-54-52-50-48-46-44-42-39-36-34-32-30-28-26-24-22-20-17-14-11-8-5-2/h7,10,16,19,23,25,29,31,35,37,40-41,45,47,73H,4-6,8-9,11-15,17-18,20-22,24,26-28,30,32-34,36,38-39,42-44,46,48-72H2,1-3H3/b10-7-,19-16-,25-23-,31-29-,37-35-,41-40-,47-45-. The molecule has 0 N–H and O–H groups in total. The van der Waals surface area contributed by atoms with Crippen LogP contribution in [0.4, 0.5) is 0 Å². The smallest absolute Gasteiger partial charge is 0.306 e. The molecule has 0 saturated heterocycles. The highest BCUT2D eigenvalue weighted by molar-refractivity contribution is 5.71. The van der Waals surface area contributed by atoms with Crippen LogP contribution in [0.5, 0.6) is 0 Å². The normalized spacial score (nSPS) is 12.6. The first-order chi connectivity index (χ1) is 40.5. The maximum absolute atomic E-state index is 12.9. The average Bonchev–Trinajstić information content (AvgIpc) is 3.47. The second-order valence-corrected chi connectivity index (χ2v) is 23.8. The SMILES string of the molecule is CC/C=C\C/C=C\C/C=C\C/C=C\C/C=C\C/C=C\C/C=C\CCCCCCCCCC(=O)OCC(COC(=O)CCCCCCCCCC)OC(=O)CCCCCCCCCCCCCCCCCCCCCCCCCCCCC. The second kappa shape index (κ2) is 70.1. The van der Waals surface area contributed by atoms with E-state index >= 15 is 0 Å². The molecule has 1 unspecified atom stereocenters. The fourth-order valence-electron chi connectivity index (χ4n) is 10.4. The first-order valence-corrected chi connectivity index (χ1v) is 35.6. The third-order valence-electron chi connectivity index (χ3n) is 15.7. The first kappa shape index (κ1) is 78.6. The maximum Gasteiger partial charge on any atom is 0.306 e. The number of rotatable bonds is 65. The van der Waals surface area contributed by atoms with Crippen molar-refractivity contribution in [2.45, 2.75) is 367 Å². The molecule has 0 saturated carbocycles. The lowest BCUT2D eigenvalue weighted by Crippen LogP contribution is -2.30. The number of unbranched alkanes of at least 4 members (excludes halogenated alkanes) is 40. The van der Waals surface area contributed by atoms with Crippen LogP contribution in [0.2, 0.25) is 0 Å². The van der Waals surface area contributed by atoms with Crippen LogP contribution in [-0.2, 0) is 28.6 Å². The van der Waals surface area contributed by atoms with Gasteiger partial charge >= 0.3 is 17.9 Å². The van der Waals surface area contributed by atoms with Crippen molar-refractivity contribution in [1.29, 1.82) is 0 Å². The average molecular weight is 1140 g/mol. The van der Waals surface area contributed by atoms with Gasteiger partial charge < -0.3 is 14.2 Å². The number of carbonyl (C=O) groups excluding carboxylic acids is 3. The molecule has 0 spiro atoms. The van der Waals surface area contributed by atoms with E-state index < -0.39 is 6.10 Å². The van der Waals surface area contributed by atoms with E-state index in [0.29, 0.717) is 19.3 Å². The van der Waals surface area contributed by atoms with Gasteiger partial charge in [0.1, 0.15) is 13.2 Å². The minimum atomic E-state index is -0.778. The van der Waals surface area contributed by atoms with Crippen molar-refractivity contribution in [1.82, 2.24) is 0 Å². The summed E-state index contributed by atoms with van der Waals surface area (Å²) in [5.74, 6) is -0.873. The lowest BCUT2D eigenvalue weighted by atomic mass is 10.0. The van der Waals surface area contributed by atoms with Crippen molar-refractivity contribution in [2.75, 3.05) is 13.2 Å². The van der Waals surface area contributed by atoms with Gasteiger partial charge in [0.25, 0.3) is 0 Å². The predicted molar refractivity (Wildman–Crippen MR) is 358 cm³/mol. The Hall–Kier alpha value is -3.41. The molecule has 0 bridgehead atoms. The maximum atomic E-state index is 12.9. The zero-order chi connectivity index (χ0) is 59.2. The number of hydrogen-bond donors (Lipinski definition) is 0. The van der Waals surface area contributed by atoms with Gasteiger partial charge in [-0.2, -0.15) is 0 Å². The Labute approximate surface area is 509 Å². The summed E-state index contributed by atoms with van der Waals surface area (Å²) in [6.45, 7) is 6.54. The Morgan fingerprint density at radius 1 is 0.256 bits per heavy atom. The topological polar surface area (TPSA) is 78.9 Å². The van der Waals surface area contributed by atoms with Gasteiger partial charge in [-0.25, -0.2) is 0 Å². The first-order valence-electron chi connectivity index (χ1n) is 35.6. The fraction of sp³-hybridized carbons (Fsp3) is 0.776. The van der Waals surface area contributed by atoms with E-state index in [9.17, 15) is 14.4 Å². The summed E-state index contributed by atoms with van der Waals surface area (Å²) in [6, 6.07) is 0. The second-order valence-electron chi connectivity index (χ2n) is 23.8. The van der Waals surface area contributed by atoms with Crippen LogP contribution in [0.1, 0.15) is 361 Å². The van der Waals surface area contributed by atoms with E-state index in [1.54, 1.807) is 0 Å². The predicted octanol–water partition coefficient (Wildman–Crippen LogP) is 24.6. The summed E-state index contributed by atoms with van der Waals surface area (Å²) in [5.41, 5.74) is 0. The summed E-state index contributed by atoms with van der Waals surface area (Å²) in [4.78, 5) is 38.3. The van der Waals surface area contributed by atoms with Gasteiger partial charge in [-0.3, -0.25) is 14.4 Å². The van der Waals surface area contributed by atoms with Gasteiger partial charge in [0.05, 0.1) is 0 Å². The number of carbonyl (C=O) groups is 3. The van der Waals surface area contributed by atoms with Crippen LogP contribution < -0.4 is 0 Å². The highest BCUT2D eigenvalue weighted by atomic mass is 16.6. The molecule has 6 heteroatoms. The molecule has 0 aromatic carbocycles. The number of hydrogen-bond acceptors (Lipinski definition) is 6. The monoisotopic (exact) mass is 1140 g/mol. The molecule has 0 radical (unpaired) electrons. The van der Waals surface area contributed by atoms with E-state index in [1.165, 1.54) is 212 Å². The number of esters is 3. The van der Waals surface area contributed by atoms with E-state index in [4.69, 9.17) is 14.2 Å². The van der Waals surface area contributed by atoms with Gasteiger partial charge in [0, 0.05) is 19.3 Å². The highest BCUT2D eigenvalue weighted by Crippen LogP contribution is 2.18. The van der Waals surface area contributed by atoms with Crippen molar-refractivity contribution >= 4 is 17.9 Å². The van der Waals surface area contributed by atoms with Gasteiger partial charge in [-0.05, 0) is 77.0 Å². The Kier molecular flexibility index (Phi) is 67.2. The summed E-state index contributed by atoms with van der Waals surface area (Å²) in [7, 11) is 0. The lowest BCUT2D eigenvalue weighted by Gasteiger charge is -2.18. The summed E-state index contributed by atoms with van der Waals surface area (Å²) < 4.78 is 16.9. The van der Waals surface area contributed by atoms with Crippen LogP contribution in [-0.4, -0.2) is 37.2 Å². The van der Waals surface area contributed by atoms with Crippen LogP contribution in [0.3, 0.4) is 0 Å². The Morgan fingerprint density at radius 3 is 0.744 bits per heavy atom. The van der Waals surface area contributed by atoms with E-state index in [1.807, 2.05) is 0 Å². The van der Waals surface area contributed by atoms with Crippen LogP contribution in [0, 0.1) is 0 Å². The molecule has 0 fully saturated rings. The Morgan fingerprint density at radius 2 is 0.476 bits per heavy atom. The summed E-state index contributed by atoms with van der Waals surface area (Å²) >= 11 is 0. The quantitative estimate of drug-likeness (QED) is 0.0261. The molecular weight excluding hydrogens is 1010 g/mol. The third kappa shape index (κ3) is 67.4. The zero-order valence-electron chi connectivity index (χ0n) is 54.5. The summed E-state index contributed by atoms with van der Waals surface area (Å²) in [6.07, 6.45) is 93.5. The molecule has 474 valence electrons. The zero-order valence-corrected chi connectivity index (χ0v) is 54.5. The van der Waals surface area contributed by atoms with Crippen LogP contribution >= 0.6 is 0 Å². The van der Waals surface area contributed by atoms with E-state index in [-0.39, 0.29) is 31.1 Å². The largest absolute Gasteiger partial charge is 0.462 e. The molecule has 0 aliphatic carbocycles. The molecule has 0 aliphatic heterocycles. The fourth-order valence-corrected chi connectivity index (χ4v) is 10.4. The molecule has 0 amide bonds. The number of allylic oxidation sites excluding steroid dienone is 14. The molecule has 6 nitrogen and oxygen atoms in total. The number of ether oxygens (including phenoxy) is 3. The van der Waals surface area contributed by atoms with E-state index in [2.05, 4.69) is 106 Å².